The van der Waals surface area contributed by atoms with Gasteiger partial charge in [-0.1, -0.05) is 12.1 Å². The second-order valence-electron chi connectivity index (χ2n) is 7.10. The minimum atomic E-state index is -0.243. The van der Waals surface area contributed by atoms with Gasteiger partial charge in [-0.3, -0.25) is 14.2 Å². The van der Waals surface area contributed by atoms with Crippen LogP contribution in [0, 0.1) is 13.8 Å². The molecule has 2 aromatic carbocycles. The van der Waals surface area contributed by atoms with Crippen molar-refractivity contribution < 1.29 is 14.3 Å². The second-order valence-corrected chi connectivity index (χ2v) is 7.10. The molecule has 0 aliphatic rings. The van der Waals surface area contributed by atoms with Crippen LogP contribution in [0.2, 0.25) is 0 Å². The summed E-state index contributed by atoms with van der Waals surface area (Å²) in [6.07, 6.45) is 1.49. The molecule has 0 atom stereocenters. The van der Waals surface area contributed by atoms with Crippen molar-refractivity contribution in [1.82, 2.24) is 14.9 Å². The normalized spacial score (nSPS) is 10.5. The third kappa shape index (κ3) is 5.94. The lowest BCUT2D eigenvalue weighted by atomic mass is 10.1. The standard InChI is InChI=1S/C24H27N3O4/c1-4-30-20-10-8-19(9-11-20)21-14-24(29)27(16-26-21)13-12-25-23(28)15-31-22-7-5-6-17(2)18(22)3/h5-11,14,16H,4,12-13,15H2,1-3H3,(H,25,28). The molecule has 0 saturated heterocycles. The summed E-state index contributed by atoms with van der Waals surface area (Å²) in [6.45, 7) is 7.03. The van der Waals surface area contributed by atoms with Crippen LogP contribution in [0.5, 0.6) is 11.5 Å². The average Bonchev–Trinajstić information content (AvgIpc) is 2.76. The molecular formula is C24H27N3O4. The SMILES string of the molecule is CCOc1ccc(-c2cc(=O)n(CCNC(=O)COc3cccc(C)c3C)cn2)cc1. The number of nitrogens with zero attached hydrogens (tertiary/aromatic N) is 2. The van der Waals surface area contributed by atoms with Gasteiger partial charge in [-0.05, 0) is 62.2 Å². The maximum atomic E-state index is 12.4. The van der Waals surface area contributed by atoms with Gasteiger partial charge in [0.25, 0.3) is 11.5 Å². The molecule has 0 spiro atoms. The molecule has 31 heavy (non-hydrogen) atoms. The Morgan fingerprint density at radius 2 is 1.87 bits per heavy atom. The van der Waals surface area contributed by atoms with Gasteiger partial charge in [0, 0.05) is 24.7 Å². The molecule has 1 N–H and O–H groups in total. The summed E-state index contributed by atoms with van der Waals surface area (Å²) in [6, 6.07) is 14.7. The number of aromatic nitrogens is 2. The first kappa shape index (κ1) is 22.1. The van der Waals surface area contributed by atoms with Crippen molar-refractivity contribution in [1.29, 1.82) is 0 Å². The van der Waals surface area contributed by atoms with Gasteiger partial charge >= 0.3 is 0 Å². The zero-order chi connectivity index (χ0) is 22.2. The van der Waals surface area contributed by atoms with Crippen molar-refractivity contribution in [2.75, 3.05) is 19.8 Å². The van der Waals surface area contributed by atoms with E-state index in [-0.39, 0.29) is 18.1 Å². The Kier molecular flexibility index (Phi) is 7.43. The van der Waals surface area contributed by atoms with Gasteiger partial charge in [0.15, 0.2) is 6.61 Å². The Morgan fingerprint density at radius 3 is 2.58 bits per heavy atom. The number of hydrogen-bond donors (Lipinski definition) is 1. The van der Waals surface area contributed by atoms with E-state index >= 15 is 0 Å². The number of amides is 1. The Bertz CT molecular complexity index is 1090. The molecule has 0 bridgehead atoms. The fourth-order valence-corrected chi connectivity index (χ4v) is 3.03. The Balaban J connectivity index is 1.50. The smallest absolute Gasteiger partial charge is 0.258 e. The third-order valence-corrected chi connectivity index (χ3v) is 4.93. The lowest BCUT2D eigenvalue weighted by Crippen LogP contribution is -2.33. The van der Waals surface area contributed by atoms with Crippen LogP contribution in [0.4, 0.5) is 0 Å². The quantitative estimate of drug-likeness (QED) is 0.574. The Labute approximate surface area is 181 Å². The van der Waals surface area contributed by atoms with Crippen molar-refractivity contribution in [3.63, 3.8) is 0 Å². The monoisotopic (exact) mass is 421 g/mol. The molecule has 3 aromatic rings. The summed E-state index contributed by atoms with van der Waals surface area (Å²) in [5.74, 6) is 1.23. The Hall–Kier alpha value is -3.61. The molecule has 1 heterocycles. The first-order chi connectivity index (χ1) is 15.0. The lowest BCUT2D eigenvalue weighted by molar-refractivity contribution is -0.123. The lowest BCUT2D eigenvalue weighted by Gasteiger charge is -2.11. The highest BCUT2D eigenvalue weighted by atomic mass is 16.5. The molecule has 7 heteroatoms. The van der Waals surface area contributed by atoms with E-state index in [0.29, 0.717) is 31.1 Å². The van der Waals surface area contributed by atoms with Gasteiger partial charge in [0.2, 0.25) is 0 Å². The van der Waals surface area contributed by atoms with Gasteiger partial charge in [0.1, 0.15) is 11.5 Å². The van der Waals surface area contributed by atoms with Crippen molar-refractivity contribution >= 4 is 5.91 Å². The number of benzene rings is 2. The van der Waals surface area contributed by atoms with Crippen molar-refractivity contribution in [2.24, 2.45) is 0 Å². The fraction of sp³-hybridized carbons (Fsp3) is 0.292. The van der Waals surface area contributed by atoms with Crippen LogP contribution < -0.4 is 20.3 Å². The second kappa shape index (κ2) is 10.4. The molecule has 0 aliphatic carbocycles. The molecule has 0 aliphatic heterocycles. The molecule has 0 fully saturated rings. The zero-order valence-electron chi connectivity index (χ0n) is 18.1. The summed E-state index contributed by atoms with van der Waals surface area (Å²) in [5.41, 5.74) is 3.37. The van der Waals surface area contributed by atoms with Crippen LogP contribution in [0.25, 0.3) is 11.3 Å². The van der Waals surface area contributed by atoms with Crippen molar-refractivity contribution in [2.45, 2.75) is 27.3 Å². The van der Waals surface area contributed by atoms with Crippen LogP contribution in [0.1, 0.15) is 18.1 Å². The van der Waals surface area contributed by atoms with Gasteiger partial charge in [-0.25, -0.2) is 4.98 Å². The van der Waals surface area contributed by atoms with E-state index in [1.165, 1.54) is 17.0 Å². The molecule has 7 nitrogen and oxygen atoms in total. The van der Waals surface area contributed by atoms with E-state index < -0.39 is 0 Å². The predicted octanol–water partition coefficient (Wildman–Crippen LogP) is 3.12. The van der Waals surface area contributed by atoms with Crippen molar-refractivity contribution in [3.05, 3.63) is 76.3 Å². The van der Waals surface area contributed by atoms with E-state index in [1.54, 1.807) is 0 Å². The molecule has 0 radical (unpaired) electrons. The fourth-order valence-electron chi connectivity index (χ4n) is 3.03. The highest BCUT2D eigenvalue weighted by Crippen LogP contribution is 2.20. The largest absolute Gasteiger partial charge is 0.494 e. The third-order valence-electron chi connectivity index (χ3n) is 4.93. The number of carbonyl (C=O) groups is 1. The molecule has 3 rings (SSSR count). The summed E-state index contributed by atoms with van der Waals surface area (Å²) in [7, 11) is 0. The summed E-state index contributed by atoms with van der Waals surface area (Å²) < 4.78 is 12.5. The molecule has 1 amide bonds. The van der Waals surface area contributed by atoms with Crippen molar-refractivity contribution in [3.8, 4) is 22.8 Å². The molecule has 1 aromatic heterocycles. The summed E-state index contributed by atoms with van der Waals surface area (Å²) in [4.78, 5) is 28.8. The van der Waals surface area contributed by atoms with E-state index in [0.717, 1.165) is 22.4 Å². The van der Waals surface area contributed by atoms with Gasteiger partial charge < -0.3 is 14.8 Å². The minimum Gasteiger partial charge on any atom is -0.494 e. The van der Waals surface area contributed by atoms with Crippen LogP contribution >= 0.6 is 0 Å². The first-order valence-electron chi connectivity index (χ1n) is 10.2. The van der Waals surface area contributed by atoms with E-state index in [4.69, 9.17) is 9.47 Å². The average molecular weight is 421 g/mol. The number of aryl methyl sites for hydroxylation is 1. The minimum absolute atomic E-state index is 0.0753. The summed E-state index contributed by atoms with van der Waals surface area (Å²) in [5, 5.41) is 2.76. The number of rotatable bonds is 9. The van der Waals surface area contributed by atoms with E-state index in [1.807, 2.05) is 63.2 Å². The van der Waals surface area contributed by atoms with E-state index in [9.17, 15) is 9.59 Å². The topological polar surface area (TPSA) is 82.5 Å². The van der Waals surface area contributed by atoms with Crippen LogP contribution in [-0.4, -0.2) is 35.2 Å². The molecule has 162 valence electrons. The first-order valence-corrected chi connectivity index (χ1v) is 10.2. The molecule has 0 saturated carbocycles. The predicted molar refractivity (Wildman–Crippen MR) is 120 cm³/mol. The maximum absolute atomic E-state index is 12.4. The summed E-state index contributed by atoms with van der Waals surface area (Å²) >= 11 is 0. The van der Waals surface area contributed by atoms with Crippen LogP contribution in [0.15, 0.2) is 59.7 Å². The van der Waals surface area contributed by atoms with E-state index in [2.05, 4.69) is 10.3 Å². The highest BCUT2D eigenvalue weighted by molar-refractivity contribution is 5.77. The highest BCUT2D eigenvalue weighted by Gasteiger charge is 2.07. The molecule has 0 unspecified atom stereocenters. The number of hydrogen-bond acceptors (Lipinski definition) is 5. The number of carbonyl (C=O) groups excluding carboxylic acids is 1. The maximum Gasteiger partial charge on any atom is 0.258 e. The van der Waals surface area contributed by atoms with Gasteiger partial charge in [-0.15, -0.1) is 0 Å². The van der Waals surface area contributed by atoms with Crippen LogP contribution in [0.3, 0.4) is 0 Å². The zero-order valence-corrected chi connectivity index (χ0v) is 18.1. The van der Waals surface area contributed by atoms with Gasteiger partial charge in [-0.2, -0.15) is 0 Å². The Morgan fingerprint density at radius 1 is 1.10 bits per heavy atom. The molecular weight excluding hydrogens is 394 g/mol. The van der Waals surface area contributed by atoms with Gasteiger partial charge in [0.05, 0.1) is 18.6 Å². The number of nitrogens with one attached hydrogen (secondary N) is 1. The number of ether oxygens (including phenoxy) is 2. The van der Waals surface area contributed by atoms with Crippen LogP contribution in [-0.2, 0) is 11.3 Å².